The molecule has 1 amide bonds. The maximum absolute atomic E-state index is 13.2. The lowest BCUT2D eigenvalue weighted by molar-refractivity contribution is 0.0949. The number of amides is 1. The number of ether oxygens (including phenoxy) is 1. The van der Waals surface area contributed by atoms with Crippen molar-refractivity contribution >= 4 is 5.91 Å². The third-order valence-corrected chi connectivity index (χ3v) is 2.21. The van der Waals surface area contributed by atoms with E-state index < -0.39 is 5.82 Å². The van der Waals surface area contributed by atoms with Crippen LogP contribution >= 0.6 is 0 Å². The maximum atomic E-state index is 13.2. The van der Waals surface area contributed by atoms with Crippen LogP contribution < -0.4 is 10.1 Å². The van der Waals surface area contributed by atoms with Crippen LogP contribution in [0.2, 0.25) is 0 Å². The van der Waals surface area contributed by atoms with Gasteiger partial charge in [-0.2, -0.15) is 5.21 Å². The van der Waals surface area contributed by atoms with Gasteiger partial charge in [-0.1, -0.05) is 5.21 Å². The number of rotatable bonds is 4. The second-order valence-electron chi connectivity index (χ2n) is 3.36. The molecular formula is C10H10FN5O2. The van der Waals surface area contributed by atoms with Crippen LogP contribution in [0.4, 0.5) is 4.39 Å². The summed E-state index contributed by atoms with van der Waals surface area (Å²) in [7, 11) is 1.33. The zero-order chi connectivity index (χ0) is 13.0. The monoisotopic (exact) mass is 251 g/mol. The largest absolute Gasteiger partial charge is 0.494 e. The lowest BCUT2D eigenvalue weighted by Crippen LogP contribution is -2.23. The molecule has 0 fully saturated rings. The summed E-state index contributed by atoms with van der Waals surface area (Å²) < 4.78 is 17.9. The molecule has 2 aromatic rings. The Kier molecular flexibility index (Phi) is 3.46. The Morgan fingerprint density at radius 2 is 2.39 bits per heavy atom. The van der Waals surface area contributed by atoms with Crippen molar-refractivity contribution < 1.29 is 13.9 Å². The van der Waals surface area contributed by atoms with Gasteiger partial charge in [0.1, 0.15) is 0 Å². The van der Waals surface area contributed by atoms with Crippen molar-refractivity contribution in [2.24, 2.45) is 0 Å². The molecule has 1 heterocycles. The average molecular weight is 251 g/mol. The van der Waals surface area contributed by atoms with Gasteiger partial charge in [0.25, 0.3) is 5.91 Å². The molecule has 0 aliphatic heterocycles. The molecule has 0 spiro atoms. The number of hydrogen-bond acceptors (Lipinski definition) is 5. The number of tetrazole rings is 1. The van der Waals surface area contributed by atoms with E-state index in [-0.39, 0.29) is 23.8 Å². The smallest absolute Gasteiger partial charge is 0.251 e. The summed E-state index contributed by atoms with van der Waals surface area (Å²) in [4.78, 5) is 11.7. The van der Waals surface area contributed by atoms with E-state index in [2.05, 4.69) is 25.9 Å². The third kappa shape index (κ3) is 2.59. The normalized spacial score (nSPS) is 10.1. The van der Waals surface area contributed by atoms with Gasteiger partial charge in [0.2, 0.25) is 0 Å². The molecule has 1 aromatic carbocycles. The number of carbonyl (C=O) groups is 1. The molecular weight excluding hydrogens is 241 g/mol. The molecule has 0 saturated heterocycles. The van der Waals surface area contributed by atoms with Crippen molar-refractivity contribution in [3.63, 3.8) is 0 Å². The number of benzene rings is 1. The van der Waals surface area contributed by atoms with E-state index in [4.69, 9.17) is 4.74 Å². The minimum absolute atomic E-state index is 0.0159. The van der Waals surface area contributed by atoms with E-state index in [0.717, 1.165) is 0 Å². The maximum Gasteiger partial charge on any atom is 0.251 e. The van der Waals surface area contributed by atoms with E-state index in [9.17, 15) is 9.18 Å². The van der Waals surface area contributed by atoms with Gasteiger partial charge >= 0.3 is 0 Å². The number of hydrogen-bond donors (Lipinski definition) is 2. The Bertz CT molecular complexity index is 543. The van der Waals surface area contributed by atoms with Crippen LogP contribution in [0.15, 0.2) is 18.2 Å². The third-order valence-electron chi connectivity index (χ3n) is 2.21. The fourth-order valence-electron chi connectivity index (χ4n) is 1.32. The van der Waals surface area contributed by atoms with Crippen molar-refractivity contribution in [3.8, 4) is 5.75 Å². The predicted molar refractivity (Wildman–Crippen MR) is 58.3 cm³/mol. The number of H-pyrrole nitrogens is 1. The number of carbonyl (C=O) groups excluding carboxylic acids is 1. The van der Waals surface area contributed by atoms with Gasteiger partial charge in [-0.05, 0) is 18.2 Å². The minimum Gasteiger partial charge on any atom is -0.494 e. The zero-order valence-electron chi connectivity index (χ0n) is 9.48. The summed E-state index contributed by atoms with van der Waals surface area (Å²) in [6.45, 7) is 0.134. The summed E-state index contributed by atoms with van der Waals surface area (Å²) in [5, 5.41) is 15.6. The number of methoxy groups -OCH3 is 1. The minimum atomic E-state index is -0.521. The van der Waals surface area contributed by atoms with Crippen LogP contribution in [0.1, 0.15) is 16.2 Å². The summed E-state index contributed by atoms with van der Waals surface area (Å²) in [5.74, 6) is -0.523. The molecule has 0 saturated carbocycles. The molecule has 1 aromatic heterocycles. The van der Waals surface area contributed by atoms with Crippen molar-refractivity contribution in [3.05, 3.63) is 35.4 Å². The highest BCUT2D eigenvalue weighted by molar-refractivity contribution is 5.94. The summed E-state index contributed by atoms with van der Waals surface area (Å²) in [6.07, 6.45) is 0. The molecule has 0 aliphatic rings. The highest BCUT2D eigenvalue weighted by Crippen LogP contribution is 2.18. The Morgan fingerprint density at radius 1 is 1.56 bits per heavy atom. The van der Waals surface area contributed by atoms with Gasteiger partial charge in [-0.25, -0.2) is 4.39 Å². The molecule has 0 radical (unpaired) electrons. The predicted octanol–water partition coefficient (Wildman–Crippen LogP) is 0.277. The van der Waals surface area contributed by atoms with Crippen molar-refractivity contribution in [2.75, 3.05) is 7.11 Å². The quantitative estimate of drug-likeness (QED) is 0.814. The van der Waals surface area contributed by atoms with Gasteiger partial charge in [0.15, 0.2) is 17.4 Å². The van der Waals surface area contributed by atoms with Crippen LogP contribution in [0.5, 0.6) is 5.75 Å². The molecule has 94 valence electrons. The Labute approximate surface area is 101 Å². The van der Waals surface area contributed by atoms with Gasteiger partial charge in [-0.3, -0.25) is 4.79 Å². The van der Waals surface area contributed by atoms with E-state index >= 15 is 0 Å². The van der Waals surface area contributed by atoms with Crippen LogP contribution in [0.25, 0.3) is 0 Å². The Hall–Kier alpha value is -2.51. The SMILES string of the molecule is COc1cc(C(=O)NCc2nn[nH]n2)ccc1F. The second-order valence-corrected chi connectivity index (χ2v) is 3.36. The van der Waals surface area contributed by atoms with Crippen molar-refractivity contribution in [2.45, 2.75) is 6.54 Å². The molecule has 2 rings (SSSR count). The van der Waals surface area contributed by atoms with E-state index in [1.165, 1.54) is 25.3 Å². The number of nitrogens with one attached hydrogen (secondary N) is 2. The Morgan fingerprint density at radius 3 is 3.06 bits per heavy atom. The van der Waals surface area contributed by atoms with Crippen LogP contribution in [-0.4, -0.2) is 33.6 Å². The van der Waals surface area contributed by atoms with E-state index in [1.807, 2.05) is 0 Å². The van der Waals surface area contributed by atoms with Gasteiger partial charge in [0, 0.05) is 5.56 Å². The molecule has 0 bridgehead atoms. The van der Waals surface area contributed by atoms with E-state index in [1.54, 1.807) is 0 Å². The van der Waals surface area contributed by atoms with Gasteiger partial charge in [0.05, 0.1) is 13.7 Å². The molecule has 2 N–H and O–H groups in total. The van der Waals surface area contributed by atoms with Crippen LogP contribution in [0.3, 0.4) is 0 Å². The number of halogens is 1. The van der Waals surface area contributed by atoms with E-state index in [0.29, 0.717) is 5.82 Å². The van der Waals surface area contributed by atoms with Gasteiger partial charge in [-0.15, -0.1) is 10.2 Å². The topological polar surface area (TPSA) is 92.8 Å². The standard InChI is InChI=1S/C10H10FN5O2/c1-18-8-4-6(2-3-7(8)11)10(17)12-5-9-13-15-16-14-9/h2-4H,5H2,1H3,(H,12,17)(H,13,14,15,16). The fraction of sp³-hybridized carbons (Fsp3) is 0.200. The Balaban J connectivity index is 2.04. The molecule has 18 heavy (non-hydrogen) atoms. The van der Waals surface area contributed by atoms with Crippen LogP contribution in [0, 0.1) is 5.82 Å². The molecule has 8 heteroatoms. The average Bonchev–Trinajstić information content (AvgIpc) is 2.89. The number of nitrogens with zero attached hydrogens (tertiary/aromatic N) is 3. The highest BCUT2D eigenvalue weighted by atomic mass is 19.1. The zero-order valence-corrected chi connectivity index (χ0v) is 9.48. The van der Waals surface area contributed by atoms with Crippen LogP contribution in [-0.2, 0) is 6.54 Å². The summed E-state index contributed by atoms with van der Waals surface area (Å²) in [6, 6.07) is 3.85. The molecule has 0 aliphatic carbocycles. The van der Waals surface area contributed by atoms with Crippen molar-refractivity contribution in [1.82, 2.24) is 25.9 Å². The van der Waals surface area contributed by atoms with Gasteiger partial charge < -0.3 is 10.1 Å². The lowest BCUT2D eigenvalue weighted by atomic mass is 10.2. The number of aromatic nitrogens is 4. The first kappa shape index (κ1) is 12.0. The first-order chi connectivity index (χ1) is 8.70. The second kappa shape index (κ2) is 5.21. The first-order valence-electron chi connectivity index (χ1n) is 5.05. The molecule has 7 nitrogen and oxygen atoms in total. The summed E-state index contributed by atoms with van der Waals surface area (Å²) in [5.41, 5.74) is 0.289. The van der Waals surface area contributed by atoms with Crippen molar-refractivity contribution in [1.29, 1.82) is 0 Å². The molecule has 0 unspecified atom stereocenters. The lowest BCUT2D eigenvalue weighted by Gasteiger charge is -2.05. The first-order valence-corrected chi connectivity index (χ1v) is 5.05. The highest BCUT2D eigenvalue weighted by Gasteiger charge is 2.10. The number of aromatic amines is 1. The fourth-order valence-corrected chi connectivity index (χ4v) is 1.32. The molecule has 0 atom stereocenters. The summed E-state index contributed by atoms with van der Waals surface area (Å²) >= 11 is 0.